The van der Waals surface area contributed by atoms with Crippen molar-refractivity contribution in [2.24, 2.45) is 0 Å². The van der Waals surface area contributed by atoms with E-state index in [0.29, 0.717) is 29.7 Å². The third-order valence-electron chi connectivity index (χ3n) is 3.17. The number of ether oxygens (including phenoxy) is 2. The minimum absolute atomic E-state index is 0.0502. The van der Waals surface area contributed by atoms with Crippen LogP contribution < -0.4 is 14.8 Å². The van der Waals surface area contributed by atoms with E-state index in [2.05, 4.69) is 5.32 Å². The molecule has 0 saturated carbocycles. The summed E-state index contributed by atoms with van der Waals surface area (Å²) < 4.78 is 11.2. The molecule has 2 atom stereocenters. The van der Waals surface area contributed by atoms with Crippen LogP contribution >= 0.6 is 11.6 Å². The van der Waals surface area contributed by atoms with Crippen molar-refractivity contribution in [3.8, 4) is 11.5 Å². The number of hydrogen-bond donors (Lipinski definition) is 2. The van der Waals surface area contributed by atoms with Gasteiger partial charge in [-0.2, -0.15) is 0 Å². The molecule has 1 aliphatic heterocycles. The van der Waals surface area contributed by atoms with Gasteiger partial charge >= 0.3 is 0 Å². The zero-order valence-electron chi connectivity index (χ0n) is 11.3. The van der Waals surface area contributed by atoms with E-state index in [1.54, 1.807) is 6.07 Å². The Morgan fingerprint density at radius 2 is 2.11 bits per heavy atom. The molecule has 0 bridgehead atoms. The van der Waals surface area contributed by atoms with Gasteiger partial charge in [-0.3, -0.25) is 0 Å². The molecule has 0 saturated heterocycles. The van der Waals surface area contributed by atoms with Gasteiger partial charge in [0, 0.05) is 12.5 Å². The maximum Gasteiger partial charge on any atom is 0.179 e. The first-order valence-corrected chi connectivity index (χ1v) is 7.01. The first-order valence-electron chi connectivity index (χ1n) is 6.64. The topological polar surface area (TPSA) is 50.7 Å². The molecular weight excluding hydrogens is 266 g/mol. The van der Waals surface area contributed by atoms with Gasteiger partial charge in [-0.05, 0) is 31.2 Å². The zero-order valence-corrected chi connectivity index (χ0v) is 12.0. The summed E-state index contributed by atoms with van der Waals surface area (Å²) in [6, 6.07) is 3.50. The van der Waals surface area contributed by atoms with Crippen molar-refractivity contribution in [2.45, 2.75) is 32.4 Å². The summed E-state index contributed by atoms with van der Waals surface area (Å²) in [5.74, 6) is 1.19. The minimum Gasteiger partial charge on any atom is -0.489 e. The molecule has 0 aliphatic carbocycles. The maximum atomic E-state index is 10.3. The molecule has 1 aromatic carbocycles. The quantitative estimate of drug-likeness (QED) is 0.893. The first-order chi connectivity index (χ1) is 9.13. The second kappa shape index (κ2) is 6.46. The van der Waals surface area contributed by atoms with Gasteiger partial charge < -0.3 is 19.9 Å². The van der Waals surface area contributed by atoms with Crippen LogP contribution in [0.3, 0.4) is 0 Å². The molecule has 0 fully saturated rings. The van der Waals surface area contributed by atoms with Crippen LogP contribution in [0.1, 0.15) is 31.9 Å². The minimum atomic E-state index is -0.630. The van der Waals surface area contributed by atoms with Gasteiger partial charge in [0.2, 0.25) is 0 Å². The number of fused-ring (bicyclic) bond motifs is 1. The molecule has 1 aliphatic rings. The fraction of sp³-hybridized carbons (Fsp3) is 0.571. The number of aliphatic hydroxyl groups is 1. The van der Waals surface area contributed by atoms with Crippen molar-refractivity contribution in [2.75, 3.05) is 19.8 Å². The second-order valence-electron chi connectivity index (χ2n) is 4.67. The molecule has 2 N–H and O–H groups in total. The second-order valence-corrected chi connectivity index (χ2v) is 5.08. The molecular formula is C14H20ClNO3. The summed E-state index contributed by atoms with van der Waals surface area (Å²) in [5, 5.41) is 14.0. The molecule has 106 valence electrons. The number of benzene rings is 1. The average Bonchev–Trinajstić information content (AvgIpc) is 2.63. The standard InChI is InChI=1S/C14H20ClNO3/c1-3-16-9(2)13(17)10-7-11(15)14-12(8-10)18-5-4-6-19-14/h7-9,13,16-17H,3-6H2,1-2H3. The summed E-state index contributed by atoms with van der Waals surface area (Å²) in [5.41, 5.74) is 0.739. The fourth-order valence-electron chi connectivity index (χ4n) is 2.14. The Morgan fingerprint density at radius 1 is 1.37 bits per heavy atom. The molecule has 4 nitrogen and oxygen atoms in total. The van der Waals surface area contributed by atoms with Crippen molar-refractivity contribution in [1.82, 2.24) is 5.32 Å². The van der Waals surface area contributed by atoms with E-state index in [9.17, 15) is 5.11 Å². The lowest BCUT2D eigenvalue weighted by molar-refractivity contribution is 0.136. The van der Waals surface area contributed by atoms with Gasteiger partial charge in [0.25, 0.3) is 0 Å². The van der Waals surface area contributed by atoms with Crippen LogP contribution in [0, 0.1) is 0 Å². The molecule has 2 unspecified atom stereocenters. The molecule has 0 amide bonds. The van der Waals surface area contributed by atoms with Crippen molar-refractivity contribution in [3.05, 3.63) is 22.7 Å². The molecule has 5 heteroatoms. The normalized spacial score (nSPS) is 17.7. The van der Waals surface area contributed by atoms with Crippen LogP contribution in [-0.4, -0.2) is 30.9 Å². The maximum absolute atomic E-state index is 10.3. The van der Waals surface area contributed by atoms with Crippen LogP contribution in [0.25, 0.3) is 0 Å². The van der Waals surface area contributed by atoms with Crippen molar-refractivity contribution in [3.63, 3.8) is 0 Å². The Bertz CT molecular complexity index is 439. The predicted molar refractivity (Wildman–Crippen MR) is 75.2 cm³/mol. The monoisotopic (exact) mass is 285 g/mol. The number of rotatable bonds is 4. The van der Waals surface area contributed by atoms with Crippen LogP contribution in [0.4, 0.5) is 0 Å². The molecule has 0 radical (unpaired) electrons. The molecule has 19 heavy (non-hydrogen) atoms. The van der Waals surface area contributed by atoms with Crippen LogP contribution in [0.2, 0.25) is 5.02 Å². The van der Waals surface area contributed by atoms with Gasteiger partial charge in [0.05, 0.1) is 24.3 Å². The van der Waals surface area contributed by atoms with E-state index in [1.807, 2.05) is 19.9 Å². The lowest BCUT2D eigenvalue weighted by Gasteiger charge is -2.21. The number of hydrogen-bond acceptors (Lipinski definition) is 4. The van der Waals surface area contributed by atoms with Crippen LogP contribution in [-0.2, 0) is 0 Å². The van der Waals surface area contributed by atoms with E-state index >= 15 is 0 Å². The largest absolute Gasteiger partial charge is 0.489 e. The van der Waals surface area contributed by atoms with Crippen LogP contribution in [0.5, 0.6) is 11.5 Å². The summed E-state index contributed by atoms with van der Waals surface area (Å²) in [6.07, 6.45) is 0.200. The fourth-order valence-corrected chi connectivity index (χ4v) is 2.42. The van der Waals surface area contributed by atoms with E-state index in [4.69, 9.17) is 21.1 Å². The Labute approximate surface area is 118 Å². The summed E-state index contributed by atoms with van der Waals surface area (Å²) in [6.45, 7) is 5.94. The SMILES string of the molecule is CCNC(C)C(O)c1cc(Cl)c2c(c1)OCCCO2. The van der Waals surface area contributed by atoms with E-state index in [0.717, 1.165) is 18.5 Å². The first kappa shape index (κ1) is 14.4. The van der Waals surface area contributed by atoms with Gasteiger partial charge in [0.15, 0.2) is 11.5 Å². The molecule has 0 aromatic heterocycles. The Balaban J connectivity index is 2.27. The van der Waals surface area contributed by atoms with Crippen molar-refractivity contribution in [1.29, 1.82) is 0 Å². The summed E-state index contributed by atoms with van der Waals surface area (Å²) >= 11 is 6.21. The highest BCUT2D eigenvalue weighted by atomic mass is 35.5. The van der Waals surface area contributed by atoms with Gasteiger partial charge in [-0.25, -0.2) is 0 Å². The molecule has 2 rings (SSSR count). The molecule has 0 spiro atoms. The Morgan fingerprint density at radius 3 is 2.84 bits per heavy atom. The Kier molecular flexibility index (Phi) is 4.91. The third kappa shape index (κ3) is 3.32. The highest BCUT2D eigenvalue weighted by Gasteiger charge is 2.21. The smallest absolute Gasteiger partial charge is 0.179 e. The molecule has 1 heterocycles. The van der Waals surface area contributed by atoms with Crippen LogP contribution in [0.15, 0.2) is 12.1 Å². The van der Waals surface area contributed by atoms with E-state index < -0.39 is 6.10 Å². The summed E-state index contributed by atoms with van der Waals surface area (Å²) in [7, 11) is 0. The van der Waals surface area contributed by atoms with Gasteiger partial charge in [-0.1, -0.05) is 18.5 Å². The highest BCUT2D eigenvalue weighted by Crippen LogP contribution is 2.39. The van der Waals surface area contributed by atoms with Gasteiger partial charge in [-0.15, -0.1) is 0 Å². The third-order valence-corrected chi connectivity index (χ3v) is 3.45. The van der Waals surface area contributed by atoms with Crippen molar-refractivity contribution >= 4 is 11.6 Å². The lowest BCUT2D eigenvalue weighted by atomic mass is 10.0. The average molecular weight is 286 g/mol. The van der Waals surface area contributed by atoms with E-state index in [1.165, 1.54) is 0 Å². The number of aliphatic hydroxyl groups excluding tert-OH is 1. The number of likely N-dealkylation sites (N-methyl/N-ethyl adjacent to an activating group) is 1. The van der Waals surface area contributed by atoms with Gasteiger partial charge in [0.1, 0.15) is 0 Å². The molecule has 1 aromatic rings. The zero-order chi connectivity index (χ0) is 13.8. The highest BCUT2D eigenvalue weighted by molar-refractivity contribution is 6.32. The van der Waals surface area contributed by atoms with Crippen molar-refractivity contribution < 1.29 is 14.6 Å². The van der Waals surface area contributed by atoms with E-state index in [-0.39, 0.29) is 6.04 Å². The predicted octanol–water partition coefficient (Wildman–Crippen LogP) is 2.53. The number of halogens is 1. The number of nitrogens with one attached hydrogen (secondary N) is 1. The Hall–Kier alpha value is -0.970. The lowest BCUT2D eigenvalue weighted by Crippen LogP contribution is -2.31. The summed E-state index contributed by atoms with van der Waals surface area (Å²) in [4.78, 5) is 0.